The molecule has 4 nitrogen and oxygen atoms in total. The smallest absolute Gasteiger partial charge is 0.119 e. The van der Waals surface area contributed by atoms with Crippen molar-refractivity contribution in [3.8, 4) is 5.75 Å². The van der Waals surface area contributed by atoms with E-state index in [0.29, 0.717) is 6.61 Å². The van der Waals surface area contributed by atoms with Gasteiger partial charge in [-0.05, 0) is 17.7 Å². The third-order valence-corrected chi connectivity index (χ3v) is 3.24. The fraction of sp³-hybridized carbons (Fsp3) is 0.176. The number of benzene rings is 2. The molecule has 1 heterocycles. The van der Waals surface area contributed by atoms with Crippen LogP contribution in [-0.2, 0) is 13.0 Å². The number of para-hydroxylation sites is 1. The zero-order valence-corrected chi connectivity index (χ0v) is 11.7. The molecule has 0 spiro atoms. The van der Waals surface area contributed by atoms with Crippen molar-refractivity contribution < 1.29 is 4.74 Å². The zero-order chi connectivity index (χ0) is 14.3. The number of hydrogen-bond donors (Lipinski definition) is 0. The molecular formula is C17H17N3O. The lowest BCUT2D eigenvalue weighted by atomic mass is 10.2. The molecule has 0 aliphatic heterocycles. The molecule has 0 saturated carbocycles. The summed E-state index contributed by atoms with van der Waals surface area (Å²) in [7, 11) is 0. The van der Waals surface area contributed by atoms with E-state index in [1.165, 1.54) is 5.56 Å². The predicted molar refractivity (Wildman–Crippen MR) is 81.2 cm³/mol. The monoisotopic (exact) mass is 279 g/mol. The summed E-state index contributed by atoms with van der Waals surface area (Å²) in [5.74, 6) is 0.889. The molecule has 106 valence electrons. The van der Waals surface area contributed by atoms with E-state index in [-0.39, 0.29) is 0 Å². The summed E-state index contributed by atoms with van der Waals surface area (Å²) in [5.41, 5.74) is 2.29. The molecule has 1 aromatic heterocycles. The molecule has 0 bridgehead atoms. The molecule has 2 aromatic carbocycles. The minimum Gasteiger partial charge on any atom is -0.493 e. The molecule has 0 saturated heterocycles. The van der Waals surface area contributed by atoms with Gasteiger partial charge in [-0.3, -0.25) is 0 Å². The average molecular weight is 279 g/mol. The first-order chi connectivity index (χ1) is 10.4. The molecule has 0 aliphatic rings. The van der Waals surface area contributed by atoms with E-state index in [0.717, 1.165) is 24.4 Å². The topological polar surface area (TPSA) is 39.9 Å². The second-order valence-corrected chi connectivity index (χ2v) is 4.78. The van der Waals surface area contributed by atoms with Gasteiger partial charge in [0.25, 0.3) is 0 Å². The zero-order valence-electron chi connectivity index (χ0n) is 11.7. The van der Waals surface area contributed by atoms with Crippen molar-refractivity contribution in [2.75, 3.05) is 6.61 Å². The summed E-state index contributed by atoms with van der Waals surface area (Å²) in [4.78, 5) is 0. The van der Waals surface area contributed by atoms with Gasteiger partial charge in [-0.15, -0.1) is 5.10 Å². The van der Waals surface area contributed by atoms with Gasteiger partial charge in [0.05, 0.1) is 25.0 Å². The van der Waals surface area contributed by atoms with Gasteiger partial charge in [0, 0.05) is 6.42 Å². The van der Waals surface area contributed by atoms with E-state index < -0.39 is 0 Å². The molecule has 4 heteroatoms. The standard InChI is InChI=1S/C17H17N3O/c1-3-7-15(8-4-1)14-20-16(13-18-19-20)11-12-21-17-9-5-2-6-10-17/h1-10,13H,11-12,14H2. The summed E-state index contributed by atoms with van der Waals surface area (Å²) < 4.78 is 7.64. The van der Waals surface area contributed by atoms with Crippen LogP contribution in [0.25, 0.3) is 0 Å². The van der Waals surface area contributed by atoms with Crippen LogP contribution in [0.1, 0.15) is 11.3 Å². The summed E-state index contributed by atoms with van der Waals surface area (Å²) >= 11 is 0. The van der Waals surface area contributed by atoms with E-state index >= 15 is 0 Å². The predicted octanol–water partition coefficient (Wildman–Crippen LogP) is 2.95. The van der Waals surface area contributed by atoms with Crippen LogP contribution in [0.15, 0.2) is 66.9 Å². The largest absolute Gasteiger partial charge is 0.493 e. The SMILES string of the molecule is c1ccc(Cn2nncc2CCOc2ccccc2)cc1. The molecule has 0 fully saturated rings. The Morgan fingerprint density at radius 2 is 1.62 bits per heavy atom. The molecule has 21 heavy (non-hydrogen) atoms. The first-order valence-corrected chi connectivity index (χ1v) is 7.01. The maximum Gasteiger partial charge on any atom is 0.119 e. The molecule has 3 aromatic rings. The van der Waals surface area contributed by atoms with E-state index in [4.69, 9.17) is 4.74 Å². The lowest BCUT2D eigenvalue weighted by Crippen LogP contribution is -2.10. The number of aromatic nitrogens is 3. The van der Waals surface area contributed by atoms with Crippen molar-refractivity contribution in [1.82, 2.24) is 15.0 Å². The third kappa shape index (κ3) is 3.69. The number of nitrogens with zero attached hydrogens (tertiary/aromatic N) is 3. The van der Waals surface area contributed by atoms with Gasteiger partial charge in [0.1, 0.15) is 5.75 Å². The highest BCUT2D eigenvalue weighted by Gasteiger charge is 2.05. The molecular weight excluding hydrogens is 262 g/mol. The van der Waals surface area contributed by atoms with Crippen LogP contribution in [0.4, 0.5) is 0 Å². The van der Waals surface area contributed by atoms with E-state index in [2.05, 4.69) is 22.4 Å². The molecule has 0 unspecified atom stereocenters. The van der Waals surface area contributed by atoms with Gasteiger partial charge in [0.2, 0.25) is 0 Å². The van der Waals surface area contributed by atoms with Gasteiger partial charge < -0.3 is 4.74 Å². The van der Waals surface area contributed by atoms with Crippen LogP contribution in [0.2, 0.25) is 0 Å². The normalized spacial score (nSPS) is 10.5. The minimum atomic E-state index is 0.617. The lowest BCUT2D eigenvalue weighted by Gasteiger charge is -2.08. The summed E-state index contributed by atoms with van der Waals surface area (Å²) in [6.45, 7) is 1.35. The Morgan fingerprint density at radius 3 is 2.38 bits per heavy atom. The van der Waals surface area contributed by atoms with Crippen LogP contribution in [-0.4, -0.2) is 21.6 Å². The second-order valence-electron chi connectivity index (χ2n) is 4.78. The average Bonchev–Trinajstić information content (AvgIpc) is 2.97. The van der Waals surface area contributed by atoms with Crippen molar-refractivity contribution in [1.29, 1.82) is 0 Å². The fourth-order valence-electron chi connectivity index (χ4n) is 2.15. The third-order valence-electron chi connectivity index (χ3n) is 3.24. The maximum atomic E-state index is 5.72. The quantitative estimate of drug-likeness (QED) is 0.696. The van der Waals surface area contributed by atoms with Crippen molar-refractivity contribution in [3.63, 3.8) is 0 Å². The van der Waals surface area contributed by atoms with Crippen molar-refractivity contribution in [2.45, 2.75) is 13.0 Å². The lowest BCUT2D eigenvalue weighted by molar-refractivity contribution is 0.318. The fourth-order valence-corrected chi connectivity index (χ4v) is 2.15. The van der Waals surface area contributed by atoms with E-state index in [9.17, 15) is 0 Å². The van der Waals surface area contributed by atoms with Gasteiger partial charge in [-0.1, -0.05) is 53.7 Å². The first kappa shape index (κ1) is 13.4. The Hall–Kier alpha value is -2.62. The number of hydrogen-bond acceptors (Lipinski definition) is 3. The van der Waals surface area contributed by atoms with Gasteiger partial charge >= 0.3 is 0 Å². The summed E-state index contributed by atoms with van der Waals surface area (Å²) in [5, 5.41) is 8.15. The second kappa shape index (κ2) is 6.70. The van der Waals surface area contributed by atoms with Gasteiger partial charge in [-0.2, -0.15) is 0 Å². The maximum absolute atomic E-state index is 5.72. The van der Waals surface area contributed by atoms with Crippen LogP contribution in [0.5, 0.6) is 5.75 Å². The van der Waals surface area contributed by atoms with E-state index in [1.54, 1.807) is 6.20 Å². The van der Waals surface area contributed by atoms with Gasteiger partial charge in [0.15, 0.2) is 0 Å². The van der Waals surface area contributed by atoms with Crippen molar-refractivity contribution >= 4 is 0 Å². The molecule has 0 radical (unpaired) electrons. The molecule has 0 atom stereocenters. The minimum absolute atomic E-state index is 0.617. The van der Waals surface area contributed by atoms with E-state index in [1.807, 2.05) is 53.2 Å². The van der Waals surface area contributed by atoms with Crippen molar-refractivity contribution in [2.24, 2.45) is 0 Å². The first-order valence-electron chi connectivity index (χ1n) is 7.01. The molecule has 0 N–H and O–H groups in total. The number of rotatable bonds is 6. The van der Waals surface area contributed by atoms with Gasteiger partial charge in [-0.25, -0.2) is 4.68 Å². The Labute approximate surface area is 124 Å². The number of ether oxygens (including phenoxy) is 1. The Kier molecular flexibility index (Phi) is 4.27. The molecule has 0 aliphatic carbocycles. The van der Waals surface area contributed by atoms with Crippen LogP contribution < -0.4 is 4.74 Å². The highest BCUT2D eigenvalue weighted by atomic mass is 16.5. The Balaban J connectivity index is 1.58. The van der Waals surface area contributed by atoms with Crippen LogP contribution in [0, 0.1) is 0 Å². The van der Waals surface area contributed by atoms with Crippen molar-refractivity contribution in [3.05, 3.63) is 78.1 Å². The Morgan fingerprint density at radius 1 is 0.905 bits per heavy atom. The highest BCUT2D eigenvalue weighted by molar-refractivity contribution is 5.21. The molecule has 3 rings (SSSR count). The highest BCUT2D eigenvalue weighted by Crippen LogP contribution is 2.10. The summed E-state index contributed by atoms with van der Waals surface area (Å²) in [6, 6.07) is 20.1. The van der Waals surface area contributed by atoms with Crippen LogP contribution in [0.3, 0.4) is 0 Å². The van der Waals surface area contributed by atoms with Crippen LogP contribution >= 0.6 is 0 Å². The Bertz CT molecular complexity index is 665. The molecule has 0 amide bonds. The summed E-state index contributed by atoms with van der Waals surface area (Å²) in [6.07, 6.45) is 2.59.